The molecule has 0 unspecified atom stereocenters. The van der Waals surface area contributed by atoms with E-state index in [1.165, 1.54) is 12.8 Å². The summed E-state index contributed by atoms with van der Waals surface area (Å²) in [4.78, 5) is 44.0. The molecule has 10 nitrogen and oxygen atoms in total. The molecular weight excluding hydrogens is 374 g/mol. The monoisotopic (exact) mass is 399 g/mol. The van der Waals surface area contributed by atoms with Gasteiger partial charge in [-0.2, -0.15) is 9.66 Å². The van der Waals surface area contributed by atoms with Gasteiger partial charge in [-0.3, -0.25) is 9.59 Å². The van der Waals surface area contributed by atoms with Gasteiger partial charge in [0.15, 0.2) is 11.5 Å². The van der Waals surface area contributed by atoms with E-state index in [2.05, 4.69) is 20.6 Å². The van der Waals surface area contributed by atoms with Crippen molar-refractivity contribution >= 4 is 17.4 Å². The molecule has 0 aliphatic carbocycles. The van der Waals surface area contributed by atoms with Gasteiger partial charge in [-0.1, -0.05) is 0 Å². The fourth-order valence-electron chi connectivity index (χ4n) is 3.58. The van der Waals surface area contributed by atoms with E-state index in [1.807, 2.05) is 30.5 Å². The number of rotatable bonds is 3. The predicted molar refractivity (Wildman–Crippen MR) is 110 cm³/mol. The van der Waals surface area contributed by atoms with Crippen LogP contribution in [0.2, 0.25) is 0 Å². The van der Waals surface area contributed by atoms with Crippen molar-refractivity contribution in [1.82, 2.24) is 24.1 Å². The van der Waals surface area contributed by atoms with Crippen molar-refractivity contribution in [2.24, 2.45) is 5.73 Å². The summed E-state index contributed by atoms with van der Waals surface area (Å²) in [6.07, 6.45) is 2.67. The highest BCUT2D eigenvalue weighted by Crippen LogP contribution is 2.24. The van der Waals surface area contributed by atoms with Crippen LogP contribution in [0.15, 0.2) is 21.7 Å². The number of nitrogens with zero attached hydrogens (tertiary/aromatic N) is 5. The molecule has 0 saturated carbocycles. The Morgan fingerprint density at radius 2 is 1.69 bits per heavy atom. The topological polar surface area (TPSA) is 142 Å². The van der Waals surface area contributed by atoms with E-state index in [1.54, 1.807) is 0 Å². The lowest BCUT2D eigenvalue weighted by Gasteiger charge is -2.21. The Kier molecular flexibility index (Phi) is 5.92. The smallest absolute Gasteiger partial charge is 0.371 e. The largest absolute Gasteiger partial charge is 0.372 e. The van der Waals surface area contributed by atoms with Gasteiger partial charge in [0.1, 0.15) is 0 Å². The highest BCUT2D eigenvalue weighted by molar-refractivity contribution is 5.81. The summed E-state index contributed by atoms with van der Waals surface area (Å²) < 4.78 is 2.46. The van der Waals surface area contributed by atoms with Gasteiger partial charge in [-0.25, -0.2) is 9.78 Å². The van der Waals surface area contributed by atoms with E-state index >= 15 is 0 Å². The first-order valence-corrected chi connectivity index (χ1v) is 9.44. The third kappa shape index (κ3) is 3.97. The van der Waals surface area contributed by atoms with Gasteiger partial charge < -0.3 is 21.0 Å². The molecule has 10 heteroatoms. The van der Waals surface area contributed by atoms with Crippen LogP contribution < -0.4 is 22.8 Å². The van der Waals surface area contributed by atoms with Crippen molar-refractivity contribution in [3.05, 3.63) is 44.1 Å². The number of carbonyl (C=O) groups excluding carboxylic acids is 1. The van der Waals surface area contributed by atoms with Crippen LogP contribution in [0.4, 0.5) is 0 Å². The molecule has 1 aromatic carbocycles. The molecular formula is C19H25N7O3. The maximum absolute atomic E-state index is 12.5. The second-order valence-electron chi connectivity index (χ2n) is 7.12. The predicted octanol–water partition coefficient (Wildman–Crippen LogP) is -0.414. The van der Waals surface area contributed by atoms with Crippen molar-refractivity contribution in [2.45, 2.75) is 33.2 Å². The normalized spacial score (nSPS) is 14.1. The number of aromatic nitrogens is 4. The summed E-state index contributed by atoms with van der Waals surface area (Å²) >= 11 is 0. The summed E-state index contributed by atoms with van der Waals surface area (Å²) in [7, 11) is 0. The average molecular weight is 399 g/mol. The highest BCUT2D eigenvalue weighted by Gasteiger charge is 2.22. The first kappa shape index (κ1) is 20.5. The summed E-state index contributed by atoms with van der Waals surface area (Å²) in [5, 5.41) is 0. The Balaban J connectivity index is 0.000000755. The maximum atomic E-state index is 12.5. The maximum Gasteiger partial charge on any atom is 0.371 e. The average Bonchev–Trinajstić information content (AvgIpc) is 3.20. The van der Waals surface area contributed by atoms with Crippen LogP contribution in [-0.4, -0.2) is 50.2 Å². The zero-order valence-corrected chi connectivity index (χ0v) is 16.6. The quantitative estimate of drug-likeness (QED) is 0.346. The number of primary amides is 1. The molecule has 0 spiro atoms. The number of amides is 1. The van der Waals surface area contributed by atoms with E-state index in [-0.39, 0.29) is 12.1 Å². The molecule has 1 aromatic rings. The number of fused-ring (bicyclic) bond motifs is 2. The van der Waals surface area contributed by atoms with Crippen LogP contribution >= 0.6 is 0 Å². The summed E-state index contributed by atoms with van der Waals surface area (Å²) in [5.41, 5.74) is 6.72. The fourth-order valence-corrected chi connectivity index (χ4v) is 3.58. The van der Waals surface area contributed by atoms with Gasteiger partial charge in [0, 0.05) is 13.1 Å². The minimum Gasteiger partial charge on any atom is -0.372 e. The number of hydrogen-bond acceptors (Lipinski definition) is 7. The Morgan fingerprint density at radius 1 is 1.07 bits per heavy atom. The van der Waals surface area contributed by atoms with E-state index in [0.717, 1.165) is 36.3 Å². The van der Waals surface area contributed by atoms with Gasteiger partial charge in [0.25, 0.3) is 0 Å². The third-order valence-electron chi connectivity index (χ3n) is 5.25. The number of carbonyl (C=O) groups is 1. The molecule has 4 rings (SSSR count). The summed E-state index contributed by atoms with van der Waals surface area (Å²) in [6, 6.07) is 4.00. The second-order valence-corrected chi connectivity index (χ2v) is 7.12. The van der Waals surface area contributed by atoms with Crippen molar-refractivity contribution in [3.8, 4) is 11.5 Å². The number of nitrogens with two attached hydrogens (primary N) is 2. The second kappa shape index (κ2) is 8.39. The zero-order chi connectivity index (χ0) is 21.1. The number of benzene rings is 1. The summed E-state index contributed by atoms with van der Waals surface area (Å²) in [6.45, 7) is 7.68. The Bertz CT molecular complexity index is 1130. The van der Waals surface area contributed by atoms with Crippen LogP contribution in [-0.2, 0) is 11.3 Å². The van der Waals surface area contributed by atoms with Crippen LogP contribution in [0.1, 0.15) is 24.0 Å². The molecule has 1 saturated heterocycles. The molecule has 3 aliphatic heterocycles. The zero-order valence-electron chi connectivity index (χ0n) is 16.6. The van der Waals surface area contributed by atoms with Gasteiger partial charge in [0.05, 0.1) is 11.0 Å². The number of likely N-dealkylation sites (tertiary alicyclic amines) is 1. The highest BCUT2D eigenvalue weighted by atomic mass is 16.2. The van der Waals surface area contributed by atoms with Crippen molar-refractivity contribution in [3.63, 3.8) is 0 Å². The number of aryl methyl sites for hydroxylation is 2. The summed E-state index contributed by atoms with van der Waals surface area (Å²) in [5.74, 6) is 5.84. The standard InChI is InChI=1S/C18H22N6O2.CH3NO/c1-11-9-13-14(10-12(11)2)23(8-7-22-5-3-4-6-22)16-15(20-13)17(25)24(19)18(26)21-16;2-1-3/h9-10H,3-8,19H2,1-2H3;1H,(H2,2,3). The Labute approximate surface area is 167 Å². The number of hydrogen-bond donors (Lipinski definition) is 2. The molecule has 0 radical (unpaired) electrons. The van der Waals surface area contributed by atoms with Crippen molar-refractivity contribution < 1.29 is 4.79 Å². The van der Waals surface area contributed by atoms with Gasteiger partial charge >= 0.3 is 11.2 Å². The van der Waals surface area contributed by atoms with E-state index in [4.69, 9.17) is 10.6 Å². The lowest BCUT2D eigenvalue weighted by atomic mass is 10.1. The molecule has 1 fully saturated rings. The van der Waals surface area contributed by atoms with Crippen molar-refractivity contribution in [1.29, 1.82) is 0 Å². The lowest BCUT2D eigenvalue weighted by Crippen LogP contribution is -2.43. The minimum atomic E-state index is -0.762. The van der Waals surface area contributed by atoms with Crippen molar-refractivity contribution in [2.75, 3.05) is 25.5 Å². The van der Waals surface area contributed by atoms with Gasteiger partial charge in [0.2, 0.25) is 6.41 Å². The molecule has 0 atom stereocenters. The van der Waals surface area contributed by atoms with E-state index in [9.17, 15) is 9.59 Å². The molecule has 29 heavy (non-hydrogen) atoms. The molecule has 4 N–H and O–H groups in total. The van der Waals surface area contributed by atoms with E-state index in [0.29, 0.717) is 22.6 Å². The third-order valence-corrected chi connectivity index (χ3v) is 5.25. The van der Waals surface area contributed by atoms with Gasteiger partial charge in [-0.15, -0.1) is 0 Å². The van der Waals surface area contributed by atoms with Crippen LogP contribution in [0, 0.1) is 13.8 Å². The number of nitrogen functional groups attached to an aromatic ring is 1. The van der Waals surface area contributed by atoms with Crippen LogP contribution in [0.25, 0.3) is 22.6 Å². The van der Waals surface area contributed by atoms with Crippen LogP contribution in [0.5, 0.6) is 0 Å². The molecule has 0 bridgehead atoms. The minimum absolute atomic E-state index is 0.129. The molecule has 0 aromatic heterocycles. The van der Waals surface area contributed by atoms with E-state index < -0.39 is 11.2 Å². The van der Waals surface area contributed by atoms with Gasteiger partial charge in [-0.05, 0) is 63.0 Å². The molecule has 154 valence electrons. The Morgan fingerprint density at radius 3 is 2.34 bits per heavy atom. The molecule has 1 amide bonds. The van der Waals surface area contributed by atoms with Crippen LogP contribution in [0.3, 0.4) is 0 Å². The first-order valence-electron chi connectivity index (χ1n) is 9.44. The molecule has 3 aliphatic rings. The Hall–Kier alpha value is -3.27. The SMILES string of the molecule is Cc1cc2nc3c(=O)n(N)c(=O)nc-3n(CCN3CCCC3)c2cc1C.NC=O. The fraction of sp³-hybridized carbons (Fsp3) is 0.421. The molecule has 3 heterocycles. The lowest BCUT2D eigenvalue weighted by molar-refractivity contribution is -0.106. The first-order chi connectivity index (χ1) is 13.9.